The molecular formula is C13H15Cl2N. The van der Waals surface area contributed by atoms with Crippen LogP contribution in [0.1, 0.15) is 25.7 Å². The van der Waals surface area contributed by atoms with Gasteiger partial charge in [0.05, 0.1) is 10.7 Å². The maximum Gasteiger partial charge on any atom is 0.0652 e. The molecule has 0 radical (unpaired) electrons. The first-order valence-corrected chi connectivity index (χ1v) is 6.71. The Bertz CT molecular complexity index is 385. The van der Waals surface area contributed by atoms with E-state index in [1.165, 1.54) is 25.7 Å². The third-order valence-electron chi connectivity index (χ3n) is 3.51. The molecule has 2 fully saturated rings. The second-order valence-electron chi connectivity index (χ2n) is 4.97. The quantitative estimate of drug-likeness (QED) is 0.830. The Morgan fingerprint density at radius 1 is 1.06 bits per heavy atom. The van der Waals surface area contributed by atoms with Gasteiger partial charge in [0.25, 0.3) is 0 Å². The summed E-state index contributed by atoms with van der Waals surface area (Å²) in [6, 6.07) is 6.33. The first-order valence-electron chi connectivity index (χ1n) is 5.95. The molecule has 1 N–H and O–H groups in total. The first kappa shape index (κ1) is 10.7. The van der Waals surface area contributed by atoms with E-state index in [9.17, 15) is 0 Å². The standard InChI is InChI=1S/C13H15Cl2N/c14-10-5-6-12(11(15)7-10)16-13(8-1-2-8)9-3-4-9/h5-9,13,16H,1-4H2. The van der Waals surface area contributed by atoms with Gasteiger partial charge in [-0.25, -0.2) is 0 Å². The predicted octanol–water partition coefficient (Wildman–Crippen LogP) is 4.59. The lowest BCUT2D eigenvalue weighted by Gasteiger charge is -2.20. The van der Waals surface area contributed by atoms with E-state index in [-0.39, 0.29) is 0 Å². The number of benzene rings is 1. The molecule has 2 aliphatic rings. The largest absolute Gasteiger partial charge is 0.381 e. The van der Waals surface area contributed by atoms with Gasteiger partial charge in [-0.1, -0.05) is 23.2 Å². The average Bonchev–Trinajstić information content (AvgIpc) is 3.11. The molecule has 3 heteroatoms. The Kier molecular flexibility index (Phi) is 2.76. The normalized spacial score (nSPS) is 20.2. The minimum Gasteiger partial charge on any atom is -0.381 e. The van der Waals surface area contributed by atoms with Gasteiger partial charge in [0.2, 0.25) is 0 Å². The van der Waals surface area contributed by atoms with Crippen molar-refractivity contribution in [2.24, 2.45) is 11.8 Å². The minimum absolute atomic E-state index is 0.638. The van der Waals surface area contributed by atoms with Crippen LogP contribution in [-0.4, -0.2) is 6.04 Å². The first-order chi connectivity index (χ1) is 7.74. The lowest BCUT2D eigenvalue weighted by molar-refractivity contribution is 0.568. The van der Waals surface area contributed by atoms with Crippen LogP contribution in [0.3, 0.4) is 0 Å². The third kappa shape index (κ3) is 2.31. The molecule has 86 valence electrons. The van der Waals surface area contributed by atoms with Crippen LogP contribution in [0.2, 0.25) is 10.0 Å². The summed E-state index contributed by atoms with van der Waals surface area (Å²) in [7, 11) is 0. The van der Waals surface area contributed by atoms with Crippen molar-refractivity contribution in [3.05, 3.63) is 28.2 Å². The fourth-order valence-corrected chi connectivity index (χ4v) is 2.78. The number of nitrogens with one attached hydrogen (secondary N) is 1. The topological polar surface area (TPSA) is 12.0 Å². The molecule has 0 heterocycles. The third-order valence-corrected chi connectivity index (χ3v) is 4.06. The van der Waals surface area contributed by atoms with Crippen LogP contribution in [0, 0.1) is 11.8 Å². The van der Waals surface area contributed by atoms with E-state index in [4.69, 9.17) is 23.2 Å². The molecule has 1 aromatic rings. The molecule has 1 aromatic carbocycles. The number of hydrogen-bond acceptors (Lipinski definition) is 1. The van der Waals surface area contributed by atoms with Crippen molar-refractivity contribution < 1.29 is 0 Å². The molecule has 0 aliphatic heterocycles. The molecule has 0 bridgehead atoms. The fourth-order valence-electron chi connectivity index (χ4n) is 2.32. The molecule has 2 saturated carbocycles. The number of rotatable bonds is 4. The van der Waals surface area contributed by atoms with E-state index in [0.717, 1.165) is 22.5 Å². The molecule has 1 nitrogen and oxygen atoms in total. The molecule has 0 aromatic heterocycles. The molecule has 16 heavy (non-hydrogen) atoms. The van der Waals surface area contributed by atoms with Gasteiger partial charge in [0.1, 0.15) is 0 Å². The summed E-state index contributed by atoms with van der Waals surface area (Å²) < 4.78 is 0. The van der Waals surface area contributed by atoms with Gasteiger partial charge in [0, 0.05) is 11.1 Å². The summed E-state index contributed by atoms with van der Waals surface area (Å²) in [5, 5.41) is 5.04. The van der Waals surface area contributed by atoms with Gasteiger partial charge < -0.3 is 5.32 Å². The minimum atomic E-state index is 0.638. The van der Waals surface area contributed by atoms with Crippen molar-refractivity contribution in [1.29, 1.82) is 0 Å². The highest BCUT2D eigenvalue weighted by Crippen LogP contribution is 2.46. The average molecular weight is 256 g/mol. The summed E-state index contributed by atoms with van der Waals surface area (Å²) in [5.41, 5.74) is 1.04. The van der Waals surface area contributed by atoms with E-state index in [1.807, 2.05) is 18.2 Å². The molecule has 3 rings (SSSR count). The Morgan fingerprint density at radius 2 is 1.69 bits per heavy atom. The van der Waals surface area contributed by atoms with Crippen molar-refractivity contribution in [2.45, 2.75) is 31.7 Å². The zero-order valence-electron chi connectivity index (χ0n) is 9.05. The lowest BCUT2D eigenvalue weighted by atomic mass is 10.1. The Morgan fingerprint density at radius 3 is 2.19 bits per heavy atom. The summed E-state index contributed by atoms with van der Waals surface area (Å²) >= 11 is 12.1. The van der Waals surface area contributed by atoms with Gasteiger partial charge >= 0.3 is 0 Å². The number of halogens is 2. The van der Waals surface area contributed by atoms with Crippen LogP contribution in [-0.2, 0) is 0 Å². The van der Waals surface area contributed by atoms with Crippen molar-refractivity contribution >= 4 is 28.9 Å². The van der Waals surface area contributed by atoms with Gasteiger partial charge in [-0.15, -0.1) is 0 Å². The van der Waals surface area contributed by atoms with Crippen molar-refractivity contribution in [3.8, 4) is 0 Å². The summed E-state index contributed by atoms with van der Waals surface area (Å²) in [6.45, 7) is 0. The predicted molar refractivity (Wildman–Crippen MR) is 69.3 cm³/mol. The molecule has 0 atom stereocenters. The molecule has 0 saturated heterocycles. The summed E-state index contributed by atoms with van der Waals surface area (Å²) in [4.78, 5) is 0. The Hall–Kier alpha value is -0.400. The number of hydrogen-bond donors (Lipinski definition) is 1. The second-order valence-corrected chi connectivity index (χ2v) is 5.81. The van der Waals surface area contributed by atoms with Crippen molar-refractivity contribution in [1.82, 2.24) is 0 Å². The zero-order valence-corrected chi connectivity index (χ0v) is 10.6. The van der Waals surface area contributed by atoms with Crippen molar-refractivity contribution in [2.75, 3.05) is 5.32 Å². The van der Waals surface area contributed by atoms with Crippen LogP contribution in [0.25, 0.3) is 0 Å². The maximum atomic E-state index is 6.18. The van der Waals surface area contributed by atoms with E-state index in [0.29, 0.717) is 11.1 Å². The van der Waals surface area contributed by atoms with Crippen LogP contribution >= 0.6 is 23.2 Å². The lowest BCUT2D eigenvalue weighted by Crippen LogP contribution is -2.24. The molecule has 0 amide bonds. The van der Waals surface area contributed by atoms with Gasteiger partial charge in [-0.3, -0.25) is 0 Å². The molecule has 2 aliphatic carbocycles. The van der Waals surface area contributed by atoms with Gasteiger partial charge in [0.15, 0.2) is 0 Å². The second kappa shape index (κ2) is 4.12. The van der Waals surface area contributed by atoms with Crippen LogP contribution in [0.4, 0.5) is 5.69 Å². The van der Waals surface area contributed by atoms with Crippen LogP contribution < -0.4 is 5.32 Å². The monoisotopic (exact) mass is 255 g/mol. The van der Waals surface area contributed by atoms with Gasteiger partial charge in [-0.05, 0) is 55.7 Å². The summed E-state index contributed by atoms with van der Waals surface area (Å²) in [6.07, 6.45) is 5.50. The van der Waals surface area contributed by atoms with Crippen LogP contribution in [0.5, 0.6) is 0 Å². The molecule has 0 spiro atoms. The Balaban J connectivity index is 1.76. The van der Waals surface area contributed by atoms with E-state index < -0.39 is 0 Å². The van der Waals surface area contributed by atoms with E-state index in [2.05, 4.69) is 5.32 Å². The van der Waals surface area contributed by atoms with E-state index in [1.54, 1.807) is 0 Å². The van der Waals surface area contributed by atoms with Gasteiger partial charge in [-0.2, -0.15) is 0 Å². The SMILES string of the molecule is Clc1ccc(NC(C2CC2)C2CC2)c(Cl)c1. The number of anilines is 1. The highest BCUT2D eigenvalue weighted by molar-refractivity contribution is 6.36. The zero-order chi connectivity index (χ0) is 11.1. The highest BCUT2D eigenvalue weighted by Gasteiger charge is 2.41. The Labute approximate surface area is 106 Å². The highest BCUT2D eigenvalue weighted by atomic mass is 35.5. The maximum absolute atomic E-state index is 6.18. The summed E-state index contributed by atoms with van der Waals surface area (Å²) in [5.74, 6) is 1.75. The fraction of sp³-hybridized carbons (Fsp3) is 0.538. The molecule has 0 unspecified atom stereocenters. The molecular weight excluding hydrogens is 241 g/mol. The smallest absolute Gasteiger partial charge is 0.0652 e. The van der Waals surface area contributed by atoms with Crippen molar-refractivity contribution in [3.63, 3.8) is 0 Å². The van der Waals surface area contributed by atoms with E-state index >= 15 is 0 Å². The van der Waals surface area contributed by atoms with Crippen LogP contribution in [0.15, 0.2) is 18.2 Å².